The first kappa shape index (κ1) is 23.9. The minimum absolute atomic E-state index is 0.0146. The van der Waals surface area contributed by atoms with E-state index in [4.69, 9.17) is 10.00 Å². The van der Waals surface area contributed by atoms with Crippen LogP contribution in [0.25, 0.3) is 0 Å². The second-order valence-corrected chi connectivity index (χ2v) is 9.55. The Bertz CT molecular complexity index is 900. The number of nitriles is 1. The molecule has 158 valence electrons. The van der Waals surface area contributed by atoms with Gasteiger partial charge in [-0.3, -0.25) is 4.79 Å². The summed E-state index contributed by atoms with van der Waals surface area (Å²) in [7, 11) is -0.0146. The number of carbonyl (C=O) groups excluding carboxylic acids is 2. The van der Waals surface area contributed by atoms with E-state index in [1.165, 1.54) is 20.8 Å². The van der Waals surface area contributed by atoms with Gasteiger partial charge in [-0.1, -0.05) is 54.6 Å². The SMILES string of the molecule is CC(C)(C)OC(=O)C(C#N)C=O.c1ccc([S+](c2ccccc2)c2ccccc2)cc1. The molecule has 0 aliphatic heterocycles. The van der Waals surface area contributed by atoms with Gasteiger partial charge in [-0.05, 0) is 57.2 Å². The Morgan fingerprint density at radius 3 is 1.45 bits per heavy atom. The quantitative estimate of drug-likeness (QED) is 0.233. The van der Waals surface area contributed by atoms with Crippen molar-refractivity contribution in [2.75, 3.05) is 0 Å². The molecule has 5 heteroatoms. The third-order valence-electron chi connectivity index (χ3n) is 3.87. The lowest BCUT2D eigenvalue weighted by Gasteiger charge is -2.19. The topological polar surface area (TPSA) is 67.2 Å². The fraction of sp³-hybridized carbons (Fsp3) is 0.192. The smallest absolute Gasteiger partial charge is 0.331 e. The second kappa shape index (κ2) is 11.7. The Balaban J connectivity index is 0.000000248. The number of nitrogens with zero attached hydrogens (tertiary/aromatic N) is 1. The highest BCUT2D eigenvalue weighted by Crippen LogP contribution is 2.30. The van der Waals surface area contributed by atoms with Gasteiger partial charge < -0.3 is 9.53 Å². The van der Waals surface area contributed by atoms with Crippen molar-refractivity contribution in [1.29, 1.82) is 5.26 Å². The van der Waals surface area contributed by atoms with Crippen LogP contribution in [-0.4, -0.2) is 17.9 Å². The van der Waals surface area contributed by atoms with Crippen LogP contribution in [0.3, 0.4) is 0 Å². The lowest BCUT2D eigenvalue weighted by molar-refractivity contribution is -0.158. The van der Waals surface area contributed by atoms with Crippen molar-refractivity contribution in [1.82, 2.24) is 0 Å². The number of aldehydes is 1. The van der Waals surface area contributed by atoms with Gasteiger partial charge in [-0.2, -0.15) is 5.26 Å². The van der Waals surface area contributed by atoms with Crippen molar-refractivity contribution in [3.63, 3.8) is 0 Å². The summed E-state index contributed by atoms with van der Waals surface area (Å²) in [5.41, 5.74) is -0.658. The van der Waals surface area contributed by atoms with E-state index in [2.05, 4.69) is 91.0 Å². The van der Waals surface area contributed by atoms with Crippen LogP contribution >= 0.6 is 0 Å². The van der Waals surface area contributed by atoms with E-state index in [9.17, 15) is 9.59 Å². The van der Waals surface area contributed by atoms with Crippen LogP contribution in [0.1, 0.15) is 20.8 Å². The molecule has 3 aromatic rings. The van der Waals surface area contributed by atoms with E-state index in [0.29, 0.717) is 0 Å². The predicted molar refractivity (Wildman–Crippen MR) is 123 cm³/mol. The molecule has 1 atom stereocenters. The molecule has 0 bridgehead atoms. The summed E-state index contributed by atoms with van der Waals surface area (Å²) in [6.45, 7) is 5.01. The standard InChI is InChI=1S/C18H15S.C8H11NO3/c1-4-10-16(11-5-1)19(17-12-6-2-7-13-17)18-14-8-3-9-15-18;1-8(2,3)12-7(11)6(4-9)5-10/h1-15H;5-6H,1-3H3/q+1;. The molecule has 3 rings (SSSR count). The number of carbonyl (C=O) groups is 2. The molecule has 3 aromatic carbocycles. The number of hydrogen-bond donors (Lipinski definition) is 0. The van der Waals surface area contributed by atoms with Gasteiger partial charge in [0.25, 0.3) is 0 Å². The predicted octanol–water partition coefficient (Wildman–Crippen LogP) is 5.45. The summed E-state index contributed by atoms with van der Waals surface area (Å²) >= 11 is 0. The first-order valence-corrected chi connectivity index (χ1v) is 11.1. The van der Waals surface area contributed by atoms with Gasteiger partial charge in [-0.25, -0.2) is 0 Å². The maximum Gasteiger partial charge on any atom is 0.331 e. The summed E-state index contributed by atoms with van der Waals surface area (Å²) in [5.74, 6) is -2.09. The minimum Gasteiger partial charge on any atom is -0.459 e. The molecule has 0 spiro atoms. The third kappa shape index (κ3) is 7.76. The van der Waals surface area contributed by atoms with Gasteiger partial charge in [0, 0.05) is 0 Å². The number of benzene rings is 3. The molecular formula is C26H26NO3S+. The van der Waals surface area contributed by atoms with Crippen LogP contribution < -0.4 is 0 Å². The van der Waals surface area contributed by atoms with Crippen molar-refractivity contribution in [3.8, 4) is 6.07 Å². The van der Waals surface area contributed by atoms with Crippen molar-refractivity contribution < 1.29 is 14.3 Å². The van der Waals surface area contributed by atoms with E-state index in [1.54, 1.807) is 20.8 Å². The van der Waals surface area contributed by atoms with Crippen LogP contribution in [0.2, 0.25) is 0 Å². The van der Waals surface area contributed by atoms with E-state index >= 15 is 0 Å². The highest BCUT2D eigenvalue weighted by molar-refractivity contribution is 7.97. The Morgan fingerprint density at radius 1 is 0.839 bits per heavy atom. The molecule has 0 aliphatic rings. The zero-order valence-corrected chi connectivity index (χ0v) is 18.7. The molecule has 0 saturated heterocycles. The highest BCUT2D eigenvalue weighted by Gasteiger charge is 2.27. The summed E-state index contributed by atoms with van der Waals surface area (Å²) in [5, 5.41) is 8.31. The van der Waals surface area contributed by atoms with Crippen LogP contribution in [0.4, 0.5) is 0 Å². The maximum atomic E-state index is 10.9. The van der Waals surface area contributed by atoms with E-state index in [0.717, 1.165) is 0 Å². The summed E-state index contributed by atoms with van der Waals surface area (Å²) in [4.78, 5) is 25.2. The number of ether oxygens (including phenoxy) is 1. The largest absolute Gasteiger partial charge is 0.459 e. The normalized spacial score (nSPS) is 11.5. The molecule has 31 heavy (non-hydrogen) atoms. The molecule has 0 heterocycles. The molecule has 4 nitrogen and oxygen atoms in total. The summed E-state index contributed by atoms with van der Waals surface area (Å²) in [6.07, 6.45) is 0.272. The van der Waals surface area contributed by atoms with Crippen molar-refractivity contribution in [3.05, 3.63) is 91.0 Å². The molecule has 0 aliphatic carbocycles. The molecule has 0 aromatic heterocycles. The molecule has 0 N–H and O–H groups in total. The van der Waals surface area contributed by atoms with Crippen LogP contribution in [0.15, 0.2) is 106 Å². The van der Waals surface area contributed by atoms with Gasteiger partial charge in [0.15, 0.2) is 20.6 Å². The lowest BCUT2D eigenvalue weighted by atomic mass is 10.1. The highest BCUT2D eigenvalue weighted by atomic mass is 32.2. The number of hydrogen-bond acceptors (Lipinski definition) is 4. The molecule has 0 fully saturated rings. The van der Waals surface area contributed by atoms with Gasteiger partial charge in [0.2, 0.25) is 0 Å². The average Bonchev–Trinajstić information content (AvgIpc) is 2.76. The number of esters is 1. The van der Waals surface area contributed by atoms with Crippen LogP contribution in [0, 0.1) is 17.2 Å². The fourth-order valence-electron chi connectivity index (χ4n) is 2.58. The molecular weight excluding hydrogens is 406 g/mol. The first-order valence-electron chi connectivity index (χ1n) is 9.83. The first-order chi connectivity index (χ1) is 14.9. The average molecular weight is 433 g/mol. The summed E-state index contributed by atoms with van der Waals surface area (Å²) in [6, 6.07) is 33.7. The Labute approximate surface area is 186 Å². The van der Waals surface area contributed by atoms with E-state index < -0.39 is 17.5 Å². The van der Waals surface area contributed by atoms with Gasteiger partial charge in [0.05, 0.1) is 17.0 Å². The van der Waals surface area contributed by atoms with E-state index in [-0.39, 0.29) is 17.2 Å². The zero-order valence-electron chi connectivity index (χ0n) is 17.9. The van der Waals surface area contributed by atoms with E-state index in [1.807, 2.05) is 0 Å². The monoisotopic (exact) mass is 432 g/mol. The van der Waals surface area contributed by atoms with Crippen LogP contribution in [0.5, 0.6) is 0 Å². The lowest BCUT2D eigenvalue weighted by Crippen LogP contribution is -2.28. The van der Waals surface area contributed by atoms with Gasteiger partial charge in [-0.15, -0.1) is 0 Å². The molecule has 0 amide bonds. The number of rotatable bonds is 5. The fourth-order valence-corrected chi connectivity index (χ4v) is 4.69. The Kier molecular flexibility index (Phi) is 9.05. The van der Waals surface area contributed by atoms with Crippen molar-refractivity contribution in [2.45, 2.75) is 41.1 Å². The minimum atomic E-state index is -1.30. The second-order valence-electron chi connectivity index (χ2n) is 7.52. The summed E-state index contributed by atoms with van der Waals surface area (Å²) < 4.78 is 4.79. The zero-order chi connectivity index (χ0) is 22.7. The van der Waals surface area contributed by atoms with Crippen LogP contribution in [-0.2, 0) is 25.2 Å². The molecule has 0 saturated carbocycles. The van der Waals surface area contributed by atoms with Gasteiger partial charge >= 0.3 is 5.97 Å². The Morgan fingerprint density at radius 2 is 1.19 bits per heavy atom. The maximum absolute atomic E-state index is 10.9. The molecule has 1 unspecified atom stereocenters. The van der Waals surface area contributed by atoms with Crippen molar-refractivity contribution in [2.24, 2.45) is 5.92 Å². The van der Waals surface area contributed by atoms with Crippen molar-refractivity contribution >= 4 is 23.2 Å². The van der Waals surface area contributed by atoms with Gasteiger partial charge in [0.1, 0.15) is 11.9 Å². The Hall–Kier alpha value is -3.36. The third-order valence-corrected chi connectivity index (χ3v) is 6.10. The molecule has 0 radical (unpaired) electrons.